The van der Waals surface area contributed by atoms with E-state index in [4.69, 9.17) is 4.98 Å². The minimum Gasteiger partial charge on any atom is -0.345 e. The maximum Gasteiger partial charge on any atom is 0.253 e. The van der Waals surface area contributed by atoms with Crippen LogP contribution in [0.5, 0.6) is 0 Å². The lowest BCUT2D eigenvalue weighted by Gasteiger charge is -2.34. The third kappa shape index (κ3) is 4.56. The van der Waals surface area contributed by atoms with Gasteiger partial charge in [-0.05, 0) is 67.6 Å². The molecule has 9 heteroatoms. The second kappa shape index (κ2) is 9.28. The van der Waals surface area contributed by atoms with Crippen molar-refractivity contribution in [3.05, 3.63) is 53.6 Å². The topological polar surface area (TPSA) is 73.8 Å². The van der Waals surface area contributed by atoms with E-state index in [2.05, 4.69) is 36.9 Å². The SMILES string of the molecule is Cc1ccc2nc(N3CCN(C(=O)c4ccc(S(=O)(=O)N5CCC(C)CC5)cc4)CC3)sc2c1. The van der Waals surface area contributed by atoms with Gasteiger partial charge in [-0.1, -0.05) is 24.3 Å². The van der Waals surface area contributed by atoms with Gasteiger partial charge in [-0.15, -0.1) is 0 Å². The highest BCUT2D eigenvalue weighted by atomic mass is 32.2. The molecular weight excluding hydrogens is 468 g/mol. The van der Waals surface area contributed by atoms with E-state index in [0.717, 1.165) is 36.6 Å². The molecule has 0 unspecified atom stereocenters. The van der Waals surface area contributed by atoms with Gasteiger partial charge in [0.1, 0.15) is 0 Å². The first-order valence-electron chi connectivity index (χ1n) is 11.8. The Kier molecular flexibility index (Phi) is 6.35. The molecule has 5 rings (SSSR count). The van der Waals surface area contributed by atoms with Crippen LogP contribution in [0.1, 0.15) is 35.7 Å². The third-order valence-electron chi connectivity index (χ3n) is 6.85. The van der Waals surface area contributed by atoms with E-state index >= 15 is 0 Å². The number of rotatable bonds is 4. The van der Waals surface area contributed by atoms with Crippen LogP contribution in [0.25, 0.3) is 10.2 Å². The molecule has 2 aliphatic rings. The highest BCUT2D eigenvalue weighted by Gasteiger charge is 2.29. The molecule has 3 aromatic rings. The highest BCUT2D eigenvalue weighted by Crippen LogP contribution is 2.30. The summed E-state index contributed by atoms with van der Waals surface area (Å²) >= 11 is 1.69. The Morgan fingerprint density at radius 3 is 2.32 bits per heavy atom. The van der Waals surface area contributed by atoms with Crippen molar-refractivity contribution in [3.8, 4) is 0 Å². The van der Waals surface area contributed by atoms with Crippen LogP contribution in [-0.4, -0.2) is 67.8 Å². The van der Waals surface area contributed by atoms with Gasteiger partial charge in [0.2, 0.25) is 10.0 Å². The maximum absolute atomic E-state index is 13.1. The Morgan fingerprint density at radius 1 is 0.971 bits per heavy atom. The number of thiazole rings is 1. The summed E-state index contributed by atoms with van der Waals surface area (Å²) in [5, 5.41) is 0.995. The average Bonchev–Trinajstić information content (AvgIpc) is 3.27. The lowest BCUT2D eigenvalue weighted by molar-refractivity contribution is 0.0746. The van der Waals surface area contributed by atoms with E-state index < -0.39 is 10.0 Å². The second-order valence-corrected chi connectivity index (χ2v) is 12.3. The van der Waals surface area contributed by atoms with Crippen LogP contribution in [0.15, 0.2) is 47.4 Å². The minimum absolute atomic E-state index is 0.0599. The first kappa shape index (κ1) is 23.3. The number of aryl methyl sites for hydroxylation is 1. The Morgan fingerprint density at radius 2 is 1.65 bits per heavy atom. The van der Waals surface area contributed by atoms with Gasteiger partial charge in [-0.2, -0.15) is 4.31 Å². The lowest BCUT2D eigenvalue weighted by Crippen LogP contribution is -2.48. The molecule has 2 aliphatic heterocycles. The minimum atomic E-state index is -3.51. The van der Waals surface area contributed by atoms with Gasteiger partial charge in [-0.3, -0.25) is 4.79 Å². The Balaban J connectivity index is 1.22. The molecule has 34 heavy (non-hydrogen) atoms. The van der Waals surface area contributed by atoms with E-state index in [9.17, 15) is 13.2 Å². The smallest absolute Gasteiger partial charge is 0.253 e. The molecule has 2 fully saturated rings. The number of amides is 1. The van der Waals surface area contributed by atoms with Crippen molar-refractivity contribution in [2.45, 2.75) is 31.6 Å². The average molecular weight is 499 g/mol. The van der Waals surface area contributed by atoms with E-state index in [1.54, 1.807) is 39.9 Å². The number of benzene rings is 2. The molecule has 2 saturated heterocycles. The molecule has 1 aromatic heterocycles. The normalized spacial score (nSPS) is 18.5. The predicted molar refractivity (Wildman–Crippen MR) is 136 cm³/mol. The van der Waals surface area contributed by atoms with Crippen molar-refractivity contribution < 1.29 is 13.2 Å². The second-order valence-electron chi connectivity index (χ2n) is 9.36. The number of aromatic nitrogens is 1. The molecule has 1 amide bonds. The van der Waals surface area contributed by atoms with Crippen molar-refractivity contribution in [3.63, 3.8) is 0 Å². The molecule has 0 atom stereocenters. The third-order valence-corrected chi connectivity index (χ3v) is 9.84. The van der Waals surface area contributed by atoms with Crippen LogP contribution in [0.2, 0.25) is 0 Å². The molecule has 2 aromatic carbocycles. The van der Waals surface area contributed by atoms with Crippen molar-refractivity contribution in [1.82, 2.24) is 14.2 Å². The Labute approximate surface area is 205 Å². The van der Waals surface area contributed by atoms with Gasteiger partial charge in [0.15, 0.2) is 5.13 Å². The zero-order chi connectivity index (χ0) is 23.9. The number of piperazine rings is 1. The highest BCUT2D eigenvalue weighted by molar-refractivity contribution is 7.89. The summed E-state index contributed by atoms with van der Waals surface area (Å²) in [5.74, 6) is 0.501. The van der Waals surface area contributed by atoms with Crippen LogP contribution in [0.4, 0.5) is 5.13 Å². The zero-order valence-corrected chi connectivity index (χ0v) is 21.2. The zero-order valence-electron chi connectivity index (χ0n) is 19.6. The van der Waals surface area contributed by atoms with Crippen LogP contribution >= 0.6 is 11.3 Å². The Hall–Kier alpha value is -2.49. The number of carbonyl (C=O) groups excluding carboxylic acids is 1. The van der Waals surface area contributed by atoms with Gasteiger partial charge in [0.05, 0.1) is 15.1 Å². The van der Waals surface area contributed by atoms with Crippen LogP contribution in [0.3, 0.4) is 0 Å². The monoisotopic (exact) mass is 498 g/mol. The number of anilines is 1. The summed E-state index contributed by atoms with van der Waals surface area (Å²) in [6.07, 6.45) is 1.77. The molecule has 0 saturated carbocycles. The molecule has 0 aliphatic carbocycles. The summed E-state index contributed by atoms with van der Waals surface area (Å²) < 4.78 is 28.6. The molecule has 180 valence electrons. The molecule has 7 nitrogen and oxygen atoms in total. The standard InChI is InChI=1S/C25H30N4O3S2/c1-18-9-11-29(12-10-18)34(31,32)21-6-4-20(5-7-21)24(30)27-13-15-28(16-14-27)25-26-22-8-3-19(2)17-23(22)33-25/h3-8,17-18H,9-16H2,1-2H3. The molecule has 0 bridgehead atoms. The van der Waals surface area contributed by atoms with Gasteiger partial charge in [0.25, 0.3) is 5.91 Å². The number of hydrogen-bond acceptors (Lipinski definition) is 6. The van der Waals surface area contributed by atoms with Crippen molar-refractivity contribution in [1.29, 1.82) is 0 Å². The van der Waals surface area contributed by atoms with Gasteiger partial charge in [0, 0.05) is 44.8 Å². The van der Waals surface area contributed by atoms with Crippen molar-refractivity contribution in [2.24, 2.45) is 5.92 Å². The van der Waals surface area contributed by atoms with E-state index in [1.165, 1.54) is 10.3 Å². The Bertz CT molecular complexity index is 1290. The molecule has 0 N–H and O–H groups in total. The molecule has 3 heterocycles. The van der Waals surface area contributed by atoms with Crippen molar-refractivity contribution >= 4 is 42.6 Å². The number of nitrogens with zero attached hydrogens (tertiary/aromatic N) is 4. The molecule has 0 radical (unpaired) electrons. The largest absolute Gasteiger partial charge is 0.345 e. The number of hydrogen-bond donors (Lipinski definition) is 0. The quantitative estimate of drug-likeness (QED) is 0.544. The summed E-state index contributed by atoms with van der Waals surface area (Å²) in [7, 11) is -3.51. The number of sulfonamides is 1. The van der Waals surface area contributed by atoms with Crippen LogP contribution < -0.4 is 4.90 Å². The fourth-order valence-corrected chi connectivity index (χ4v) is 7.17. The predicted octanol–water partition coefficient (Wildman–Crippen LogP) is 3.99. The molecular formula is C25H30N4O3S2. The lowest BCUT2D eigenvalue weighted by atomic mass is 10.0. The fourth-order valence-electron chi connectivity index (χ4n) is 4.58. The van der Waals surface area contributed by atoms with Crippen molar-refractivity contribution in [2.75, 3.05) is 44.2 Å². The summed E-state index contributed by atoms with van der Waals surface area (Å²) in [6.45, 7) is 8.03. The first-order chi connectivity index (χ1) is 16.3. The number of piperidine rings is 1. The summed E-state index contributed by atoms with van der Waals surface area (Å²) in [5.41, 5.74) is 2.76. The summed E-state index contributed by atoms with van der Waals surface area (Å²) in [6, 6.07) is 12.7. The van der Waals surface area contributed by atoms with E-state index in [1.807, 2.05) is 4.90 Å². The molecule has 0 spiro atoms. The first-order valence-corrected chi connectivity index (χ1v) is 14.1. The summed E-state index contributed by atoms with van der Waals surface area (Å²) in [4.78, 5) is 22.1. The van der Waals surface area contributed by atoms with Crippen LogP contribution in [0, 0.1) is 12.8 Å². The maximum atomic E-state index is 13.1. The van der Waals surface area contributed by atoms with Gasteiger partial charge < -0.3 is 9.80 Å². The fraction of sp³-hybridized carbons (Fsp3) is 0.440. The van der Waals surface area contributed by atoms with E-state index in [0.29, 0.717) is 37.7 Å². The van der Waals surface area contributed by atoms with Gasteiger partial charge >= 0.3 is 0 Å². The number of carbonyl (C=O) groups is 1. The van der Waals surface area contributed by atoms with Gasteiger partial charge in [-0.25, -0.2) is 13.4 Å². The van der Waals surface area contributed by atoms with Crippen LogP contribution in [-0.2, 0) is 10.0 Å². The number of fused-ring (bicyclic) bond motifs is 1. The van der Waals surface area contributed by atoms with E-state index in [-0.39, 0.29) is 10.8 Å².